The van der Waals surface area contributed by atoms with Crippen molar-refractivity contribution in [2.24, 2.45) is 5.92 Å². The fourth-order valence-corrected chi connectivity index (χ4v) is 4.59. The Labute approximate surface area is 143 Å². The van der Waals surface area contributed by atoms with E-state index < -0.39 is 0 Å². The van der Waals surface area contributed by atoms with E-state index in [0.717, 1.165) is 34.6 Å². The Morgan fingerprint density at radius 2 is 2.17 bits per heavy atom. The Bertz CT molecular complexity index is 715. The third kappa shape index (κ3) is 3.19. The highest BCUT2D eigenvalue weighted by atomic mass is 32.1. The number of aryl methyl sites for hydroxylation is 1. The number of hydrogen-bond acceptors (Lipinski definition) is 5. The molecule has 0 atom stereocenters. The fraction of sp³-hybridized carbons (Fsp3) is 0.412. The van der Waals surface area contributed by atoms with Gasteiger partial charge in [0.25, 0.3) is 0 Å². The van der Waals surface area contributed by atoms with Crippen LogP contribution in [0.15, 0.2) is 17.5 Å². The van der Waals surface area contributed by atoms with Crippen LogP contribution in [0.1, 0.15) is 41.4 Å². The van der Waals surface area contributed by atoms with Gasteiger partial charge in [0.2, 0.25) is 5.91 Å². The van der Waals surface area contributed by atoms with Crippen LogP contribution in [0.5, 0.6) is 0 Å². The van der Waals surface area contributed by atoms with Crippen molar-refractivity contribution in [3.05, 3.63) is 28.0 Å². The molecule has 6 heteroatoms. The first kappa shape index (κ1) is 16.2. The van der Waals surface area contributed by atoms with Crippen LogP contribution >= 0.6 is 22.7 Å². The number of hydrogen-bond donors (Lipinski definition) is 1. The Hall–Kier alpha value is -1.66. The fourth-order valence-electron chi connectivity index (χ4n) is 2.63. The summed E-state index contributed by atoms with van der Waals surface area (Å²) in [7, 11) is 0. The van der Waals surface area contributed by atoms with E-state index in [1.165, 1.54) is 11.3 Å². The van der Waals surface area contributed by atoms with Crippen LogP contribution in [0.4, 0.5) is 5.00 Å². The molecule has 1 saturated carbocycles. The maximum absolute atomic E-state index is 12.5. The summed E-state index contributed by atoms with van der Waals surface area (Å²) in [5.41, 5.74) is 1.37. The van der Waals surface area contributed by atoms with Gasteiger partial charge in [-0.25, -0.2) is 4.79 Å². The third-order valence-corrected chi connectivity index (χ3v) is 5.95. The highest BCUT2D eigenvalue weighted by molar-refractivity contribution is 7.18. The second-order valence-corrected chi connectivity index (χ2v) is 7.72. The number of amides is 1. The first-order valence-electron chi connectivity index (χ1n) is 7.77. The van der Waals surface area contributed by atoms with Crippen molar-refractivity contribution in [1.82, 2.24) is 0 Å². The number of anilines is 1. The van der Waals surface area contributed by atoms with Gasteiger partial charge in [0.1, 0.15) is 10.6 Å². The number of ether oxygens (including phenoxy) is 1. The van der Waals surface area contributed by atoms with E-state index in [1.54, 1.807) is 18.3 Å². The smallest absolute Gasteiger partial charge is 0.341 e. The molecule has 0 saturated heterocycles. The van der Waals surface area contributed by atoms with Crippen molar-refractivity contribution in [2.75, 3.05) is 11.9 Å². The minimum Gasteiger partial charge on any atom is -0.462 e. The number of esters is 1. The maximum atomic E-state index is 12.5. The zero-order valence-corrected chi connectivity index (χ0v) is 14.8. The summed E-state index contributed by atoms with van der Waals surface area (Å²) in [6.45, 7) is 4.07. The lowest BCUT2D eigenvalue weighted by molar-refractivity contribution is -0.122. The van der Waals surface area contributed by atoms with Gasteiger partial charge in [0.15, 0.2) is 0 Å². The molecule has 2 heterocycles. The molecule has 0 aromatic carbocycles. The predicted octanol–water partition coefficient (Wildman–Crippen LogP) is 4.70. The standard InChI is InChI=1S/C17H19NO3S2/c1-3-21-17(20)14-13(12-8-5-9-22-12)10(2)23-16(14)18-15(19)11-6-4-7-11/h5,8-9,11H,3-4,6-7H2,1-2H3,(H,18,19). The molecule has 2 aromatic rings. The molecule has 1 aliphatic carbocycles. The second kappa shape index (κ2) is 6.84. The van der Waals surface area contributed by atoms with E-state index in [-0.39, 0.29) is 17.8 Å². The van der Waals surface area contributed by atoms with Crippen molar-refractivity contribution in [3.8, 4) is 10.4 Å². The van der Waals surface area contributed by atoms with E-state index >= 15 is 0 Å². The molecule has 4 nitrogen and oxygen atoms in total. The molecule has 23 heavy (non-hydrogen) atoms. The second-order valence-electron chi connectivity index (χ2n) is 5.55. The van der Waals surface area contributed by atoms with Crippen molar-refractivity contribution in [1.29, 1.82) is 0 Å². The van der Waals surface area contributed by atoms with Crippen LogP contribution in [-0.2, 0) is 9.53 Å². The zero-order valence-electron chi connectivity index (χ0n) is 13.2. The molecule has 1 aliphatic rings. The summed E-state index contributed by atoms with van der Waals surface area (Å²) in [5, 5.41) is 5.55. The van der Waals surface area contributed by atoms with Crippen molar-refractivity contribution in [2.45, 2.75) is 33.1 Å². The first-order chi connectivity index (χ1) is 11.1. The monoisotopic (exact) mass is 349 g/mol. The number of nitrogens with one attached hydrogen (secondary N) is 1. The number of carbonyl (C=O) groups excluding carboxylic acids is 2. The minimum atomic E-state index is -0.371. The van der Waals surface area contributed by atoms with Crippen molar-refractivity contribution < 1.29 is 14.3 Å². The van der Waals surface area contributed by atoms with Crippen LogP contribution < -0.4 is 5.32 Å². The molecule has 0 spiro atoms. The largest absolute Gasteiger partial charge is 0.462 e. The summed E-state index contributed by atoms with van der Waals surface area (Å²) >= 11 is 3.03. The zero-order chi connectivity index (χ0) is 16.4. The highest BCUT2D eigenvalue weighted by Gasteiger charge is 2.30. The van der Waals surface area contributed by atoms with Crippen LogP contribution in [0.2, 0.25) is 0 Å². The SMILES string of the molecule is CCOC(=O)c1c(NC(=O)C2CCC2)sc(C)c1-c1cccs1. The number of thiophene rings is 2. The van der Waals surface area contributed by atoms with E-state index in [0.29, 0.717) is 17.2 Å². The molecule has 1 amide bonds. The van der Waals surface area contributed by atoms with E-state index in [4.69, 9.17) is 4.74 Å². The van der Waals surface area contributed by atoms with E-state index in [1.807, 2.05) is 24.4 Å². The van der Waals surface area contributed by atoms with Crippen molar-refractivity contribution in [3.63, 3.8) is 0 Å². The van der Waals surface area contributed by atoms with Crippen LogP contribution in [0, 0.1) is 12.8 Å². The van der Waals surface area contributed by atoms with E-state index in [9.17, 15) is 9.59 Å². The number of rotatable bonds is 5. The predicted molar refractivity (Wildman–Crippen MR) is 94.3 cm³/mol. The molecular weight excluding hydrogens is 330 g/mol. The lowest BCUT2D eigenvalue weighted by atomic mass is 9.85. The van der Waals surface area contributed by atoms with Gasteiger partial charge in [-0.1, -0.05) is 12.5 Å². The molecule has 1 N–H and O–H groups in total. The Balaban J connectivity index is 1.99. The molecule has 0 aliphatic heterocycles. The molecule has 1 fully saturated rings. The van der Waals surface area contributed by atoms with Gasteiger partial charge in [-0.2, -0.15) is 0 Å². The van der Waals surface area contributed by atoms with Gasteiger partial charge < -0.3 is 10.1 Å². The summed E-state index contributed by atoms with van der Waals surface area (Å²) in [6, 6.07) is 3.94. The van der Waals surface area contributed by atoms with Gasteiger partial charge in [-0.05, 0) is 38.1 Å². The summed E-state index contributed by atoms with van der Waals surface area (Å²) in [4.78, 5) is 26.8. The van der Waals surface area contributed by atoms with Gasteiger partial charge in [0, 0.05) is 21.2 Å². The topological polar surface area (TPSA) is 55.4 Å². The third-order valence-electron chi connectivity index (χ3n) is 4.04. The normalized spacial score (nSPS) is 14.3. The molecule has 0 radical (unpaired) electrons. The van der Waals surface area contributed by atoms with Crippen LogP contribution in [0.25, 0.3) is 10.4 Å². The summed E-state index contributed by atoms with van der Waals surface area (Å²) in [6.07, 6.45) is 2.97. The summed E-state index contributed by atoms with van der Waals surface area (Å²) in [5.74, 6) is -0.275. The molecule has 0 unspecified atom stereocenters. The quantitative estimate of drug-likeness (QED) is 0.796. The Morgan fingerprint density at radius 3 is 2.74 bits per heavy atom. The Kier molecular flexibility index (Phi) is 4.82. The Morgan fingerprint density at radius 1 is 1.39 bits per heavy atom. The summed E-state index contributed by atoms with van der Waals surface area (Å²) < 4.78 is 5.22. The number of carbonyl (C=O) groups is 2. The highest BCUT2D eigenvalue weighted by Crippen LogP contribution is 2.42. The van der Waals surface area contributed by atoms with Gasteiger partial charge in [-0.15, -0.1) is 22.7 Å². The average Bonchev–Trinajstić information content (AvgIpc) is 3.04. The molecule has 122 valence electrons. The van der Waals surface area contributed by atoms with Crippen LogP contribution in [-0.4, -0.2) is 18.5 Å². The first-order valence-corrected chi connectivity index (χ1v) is 9.46. The molecule has 3 rings (SSSR count). The maximum Gasteiger partial charge on any atom is 0.341 e. The average molecular weight is 349 g/mol. The van der Waals surface area contributed by atoms with Gasteiger partial charge >= 0.3 is 5.97 Å². The molecule has 0 bridgehead atoms. The van der Waals surface area contributed by atoms with Gasteiger partial charge in [0.05, 0.1) is 6.61 Å². The van der Waals surface area contributed by atoms with E-state index in [2.05, 4.69) is 5.32 Å². The molecule has 2 aromatic heterocycles. The lowest BCUT2D eigenvalue weighted by Gasteiger charge is -2.23. The minimum absolute atomic E-state index is 0.0146. The van der Waals surface area contributed by atoms with Crippen molar-refractivity contribution >= 4 is 39.6 Å². The van der Waals surface area contributed by atoms with Crippen LogP contribution in [0.3, 0.4) is 0 Å². The van der Waals surface area contributed by atoms with Gasteiger partial charge in [-0.3, -0.25) is 4.79 Å². The lowest BCUT2D eigenvalue weighted by Crippen LogP contribution is -2.28. The molecular formula is C17H19NO3S2.